The summed E-state index contributed by atoms with van der Waals surface area (Å²) in [6.45, 7) is 9.65. The molecule has 0 amide bonds. The van der Waals surface area contributed by atoms with Crippen molar-refractivity contribution in [3.8, 4) is 0 Å². The molecule has 3 N–H and O–H groups in total. The Kier molecular flexibility index (Phi) is 70.3. The smallest absolute Gasteiger partial charge is 0.462 e. The second-order valence-electron chi connectivity index (χ2n) is 29.3. The summed E-state index contributed by atoms with van der Waals surface area (Å²) in [7, 11) is -9.90. The maximum absolute atomic E-state index is 13.1. The topological polar surface area (TPSA) is 237 Å². The van der Waals surface area contributed by atoms with Gasteiger partial charge in [-0.2, -0.15) is 0 Å². The van der Waals surface area contributed by atoms with Gasteiger partial charge in [-0.25, -0.2) is 9.13 Å². The molecule has 0 saturated heterocycles. The van der Waals surface area contributed by atoms with Gasteiger partial charge in [0.15, 0.2) is 12.2 Å². The first-order valence-corrected chi connectivity index (χ1v) is 44.6. The zero-order valence-electron chi connectivity index (χ0n) is 64.8. The lowest BCUT2D eigenvalue weighted by atomic mass is 9.99. The van der Waals surface area contributed by atoms with Crippen LogP contribution in [0.3, 0.4) is 0 Å². The number of carbonyl (C=O) groups excluding carboxylic acids is 4. The van der Waals surface area contributed by atoms with Crippen molar-refractivity contribution in [3.63, 3.8) is 0 Å². The lowest BCUT2D eigenvalue weighted by Crippen LogP contribution is -2.30. The molecule has 0 aromatic rings. The molecule has 19 heteroatoms. The van der Waals surface area contributed by atoms with Gasteiger partial charge in [-0.15, -0.1) is 0 Å². The molecule has 99 heavy (non-hydrogen) atoms. The highest BCUT2D eigenvalue weighted by atomic mass is 31.2. The summed E-state index contributed by atoms with van der Waals surface area (Å²) < 4.78 is 68.3. The predicted octanol–water partition coefficient (Wildman–Crippen LogP) is 23.9. The second kappa shape index (κ2) is 71.7. The van der Waals surface area contributed by atoms with E-state index >= 15 is 0 Å². The molecule has 0 radical (unpaired) electrons. The van der Waals surface area contributed by atoms with Crippen LogP contribution in [-0.4, -0.2) is 96.7 Å². The van der Waals surface area contributed by atoms with E-state index in [1.165, 1.54) is 231 Å². The van der Waals surface area contributed by atoms with Crippen LogP contribution in [0.2, 0.25) is 0 Å². The molecule has 0 spiro atoms. The number of unbranched alkanes of at least 4 members (excludes halogenated alkanes) is 47. The zero-order valence-corrected chi connectivity index (χ0v) is 66.6. The third-order valence-electron chi connectivity index (χ3n) is 19.4. The normalized spacial score (nSPS) is 14.5. The maximum Gasteiger partial charge on any atom is 0.472 e. The number of phosphoric acid groups is 2. The van der Waals surface area contributed by atoms with Gasteiger partial charge < -0.3 is 33.8 Å². The van der Waals surface area contributed by atoms with Gasteiger partial charge in [0.25, 0.3) is 0 Å². The van der Waals surface area contributed by atoms with Crippen LogP contribution in [0.25, 0.3) is 0 Å². The molecule has 0 aliphatic carbocycles. The number of carbonyl (C=O) groups is 4. The van der Waals surface area contributed by atoms with Crippen LogP contribution in [0, 0.1) is 11.8 Å². The van der Waals surface area contributed by atoms with Crippen molar-refractivity contribution in [2.24, 2.45) is 11.8 Å². The maximum atomic E-state index is 13.1. The summed E-state index contributed by atoms with van der Waals surface area (Å²) in [4.78, 5) is 72.5. The fraction of sp³-hybridized carbons (Fsp3) is 0.950. The van der Waals surface area contributed by atoms with Gasteiger partial charge in [0.2, 0.25) is 0 Å². The van der Waals surface area contributed by atoms with Crippen LogP contribution >= 0.6 is 15.6 Å². The molecule has 0 aliphatic heterocycles. The lowest BCUT2D eigenvalue weighted by Gasteiger charge is -2.21. The van der Waals surface area contributed by atoms with E-state index in [9.17, 15) is 43.2 Å². The molecular weight excluding hydrogens is 1290 g/mol. The summed E-state index contributed by atoms with van der Waals surface area (Å²) in [5, 5.41) is 10.6. The van der Waals surface area contributed by atoms with Gasteiger partial charge in [0.05, 0.1) is 26.4 Å². The van der Waals surface area contributed by atoms with E-state index in [0.29, 0.717) is 25.7 Å². The molecule has 17 nitrogen and oxygen atoms in total. The molecule has 0 saturated carbocycles. The Bertz CT molecular complexity index is 1910. The van der Waals surface area contributed by atoms with Crippen LogP contribution in [0.4, 0.5) is 0 Å². The Morgan fingerprint density at radius 1 is 0.283 bits per heavy atom. The molecule has 0 aromatic heterocycles. The summed E-state index contributed by atoms with van der Waals surface area (Å²) in [6, 6.07) is 0. The third kappa shape index (κ3) is 71.5. The molecule has 0 aliphatic rings. The first-order chi connectivity index (χ1) is 47.9. The minimum atomic E-state index is -4.96. The summed E-state index contributed by atoms with van der Waals surface area (Å²) in [5.41, 5.74) is 0. The van der Waals surface area contributed by atoms with Crippen LogP contribution in [0.5, 0.6) is 0 Å². The fourth-order valence-electron chi connectivity index (χ4n) is 12.3. The number of esters is 4. The van der Waals surface area contributed by atoms with Crippen molar-refractivity contribution in [1.29, 1.82) is 0 Å². The number of ether oxygens (including phenoxy) is 4. The Hall–Kier alpha value is -1.94. The molecule has 4 unspecified atom stereocenters. The van der Waals surface area contributed by atoms with Gasteiger partial charge in [-0.3, -0.25) is 37.3 Å². The first kappa shape index (κ1) is 97.1. The second-order valence-corrected chi connectivity index (χ2v) is 32.2. The van der Waals surface area contributed by atoms with Crippen LogP contribution in [-0.2, 0) is 65.4 Å². The fourth-order valence-corrected chi connectivity index (χ4v) is 13.9. The Morgan fingerprint density at radius 3 is 0.717 bits per heavy atom. The van der Waals surface area contributed by atoms with Gasteiger partial charge in [0.1, 0.15) is 19.3 Å². The van der Waals surface area contributed by atoms with Crippen LogP contribution < -0.4 is 0 Å². The molecular formula is C80H156O17P2. The number of hydrogen-bond acceptors (Lipinski definition) is 15. The molecule has 0 aromatic carbocycles. The number of hydrogen-bond donors (Lipinski definition) is 3. The minimum absolute atomic E-state index is 0.106. The highest BCUT2D eigenvalue weighted by molar-refractivity contribution is 7.47. The Morgan fingerprint density at radius 2 is 0.485 bits per heavy atom. The van der Waals surface area contributed by atoms with Crippen molar-refractivity contribution in [3.05, 3.63) is 0 Å². The monoisotopic (exact) mass is 1450 g/mol. The van der Waals surface area contributed by atoms with E-state index in [4.69, 9.17) is 37.0 Å². The quantitative estimate of drug-likeness (QED) is 0.0222. The number of aliphatic hydroxyl groups excluding tert-OH is 1. The van der Waals surface area contributed by atoms with Crippen LogP contribution in [0.15, 0.2) is 0 Å². The predicted molar refractivity (Wildman–Crippen MR) is 405 cm³/mol. The first-order valence-electron chi connectivity index (χ1n) is 41.6. The lowest BCUT2D eigenvalue weighted by molar-refractivity contribution is -0.161. The van der Waals surface area contributed by atoms with E-state index < -0.39 is 97.5 Å². The molecule has 7 atom stereocenters. The molecule has 0 heterocycles. The number of rotatable bonds is 79. The van der Waals surface area contributed by atoms with Gasteiger partial charge in [0, 0.05) is 25.7 Å². The van der Waals surface area contributed by atoms with E-state index in [1.54, 1.807) is 0 Å². The van der Waals surface area contributed by atoms with Crippen molar-refractivity contribution < 1.29 is 80.2 Å². The Labute approximate surface area is 607 Å². The van der Waals surface area contributed by atoms with Gasteiger partial charge >= 0.3 is 39.5 Å². The van der Waals surface area contributed by atoms with E-state index in [0.717, 1.165) is 108 Å². The molecule has 0 bridgehead atoms. The number of phosphoric ester groups is 2. The SMILES string of the molecule is CCCCCCCCCCCCC(=O)O[C@H](COC(=O)CCCCCCC)COP(=O)(O)OC[C@H](O)COP(=O)(O)OC[C@@H](COC(=O)CCCCCCCCCCCCCCCCCCCCC(C)CC)OC(=O)CCCCCCCCCCCCCCCCCCCCC(C)CC. The van der Waals surface area contributed by atoms with Crippen LogP contribution in [0.1, 0.15) is 420 Å². The van der Waals surface area contributed by atoms with Crippen molar-refractivity contribution >= 4 is 39.5 Å². The van der Waals surface area contributed by atoms with Gasteiger partial charge in [-0.1, -0.05) is 369 Å². The largest absolute Gasteiger partial charge is 0.472 e. The van der Waals surface area contributed by atoms with E-state index in [2.05, 4.69) is 41.5 Å². The van der Waals surface area contributed by atoms with Crippen molar-refractivity contribution in [2.45, 2.75) is 439 Å². The van der Waals surface area contributed by atoms with E-state index in [1.807, 2.05) is 0 Å². The summed E-state index contributed by atoms with van der Waals surface area (Å²) in [6.07, 6.45) is 61.6. The third-order valence-corrected chi connectivity index (χ3v) is 21.3. The van der Waals surface area contributed by atoms with E-state index in [-0.39, 0.29) is 25.7 Å². The minimum Gasteiger partial charge on any atom is -0.462 e. The molecule has 0 rings (SSSR count). The summed E-state index contributed by atoms with van der Waals surface area (Å²) >= 11 is 0. The Balaban J connectivity index is 5.08. The molecule has 0 fully saturated rings. The highest BCUT2D eigenvalue weighted by Crippen LogP contribution is 2.45. The van der Waals surface area contributed by atoms with Crippen molar-refractivity contribution in [2.75, 3.05) is 39.6 Å². The molecule has 588 valence electrons. The number of aliphatic hydroxyl groups is 1. The standard InChI is InChI=1S/C80H156O17P2/c1-7-11-13-15-16-17-40-46-52-58-64-79(84)96-75(68-90-77(82)62-56-48-14-12-8-2)70-94-98(86,87)92-66-74(81)67-93-99(88,89)95-71-76(97-80(85)65-59-53-47-42-37-33-29-25-21-19-23-27-31-35-39-44-50-55-61-73(6)10-4)69-91-78(83)63-57-51-45-41-36-32-28-24-20-18-22-26-30-34-38-43-49-54-60-72(5)9-3/h72-76,81H,7-71H2,1-6H3,(H,86,87)(H,88,89)/t72?,73?,74-,75+,76+/m0/s1. The average molecular weight is 1450 g/mol. The highest BCUT2D eigenvalue weighted by Gasteiger charge is 2.30. The van der Waals surface area contributed by atoms with Crippen molar-refractivity contribution in [1.82, 2.24) is 0 Å². The van der Waals surface area contributed by atoms with Gasteiger partial charge in [-0.05, 0) is 37.5 Å². The average Bonchev–Trinajstić information content (AvgIpc) is 0.959. The zero-order chi connectivity index (χ0) is 72.8. The summed E-state index contributed by atoms with van der Waals surface area (Å²) in [5.74, 6) is -0.379.